The molecule has 1 aromatic carbocycles. The van der Waals surface area contributed by atoms with Gasteiger partial charge in [-0.05, 0) is 11.6 Å². The van der Waals surface area contributed by atoms with E-state index in [0.717, 1.165) is 11.3 Å². The van der Waals surface area contributed by atoms with Crippen molar-refractivity contribution in [2.75, 3.05) is 19.5 Å². The molecule has 0 spiro atoms. The summed E-state index contributed by atoms with van der Waals surface area (Å²) < 4.78 is 5.29. The molecule has 0 saturated carbocycles. The number of carbonyl (C=O) groups is 2. The quantitative estimate of drug-likeness (QED) is 0.932. The normalized spacial score (nSPS) is 16.4. The lowest BCUT2D eigenvalue weighted by Crippen LogP contribution is -2.36. The van der Waals surface area contributed by atoms with Crippen LogP contribution in [0, 0.1) is 0 Å². The van der Waals surface area contributed by atoms with Crippen LogP contribution in [0.15, 0.2) is 29.1 Å². The highest BCUT2D eigenvalue weighted by molar-refractivity contribution is 7.07. The number of nitrogens with one attached hydrogen (secondary N) is 1. The molecule has 1 N–H and O–H groups in total. The highest BCUT2D eigenvalue weighted by atomic mass is 32.1. The molecular formula is C16H17N3O3S. The van der Waals surface area contributed by atoms with Crippen molar-refractivity contribution < 1.29 is 14.3 Å². The maximum atomic E-state index is 12.8. The summed E-state index contributed by atoms with van der Waals surface area (Å²) in [6.45, 7) is 0.430. The Morgan fingerprint density at radius 3 is 3.04 bits per heavy atom. The zero-order valence-electron chi connectivity index (χ0n) is 12.9. The van der Waals surface area contributed by atoms with E-state index >= 15 is 0 Å². The van der Waals surface area contributed by atoms with E-state index < -0.39 is 5.92 Å². The molecule has 0 radical (unpaired) electrons. The fourth-order valence-corrected chi connectivity index (χ4v) is 3.30. The van der Waals surface area contributed by atoms with E-state index in [2.05, 4.69) is 10.3 Å². The maximum absolute atomic E-state index is 12.8. The minimum atomic E-state index is -0.502. The van der Waals surface area contributed by atoms with Gasteiger partial charge in [0.05, 0.1) is 36.5 Å². The van der Waals surface area contributed by atoms with E-state index in [4.69, 9.17) is 4.74 Å². The molecule has 2 heterocycles. The standard InChI is InChI=1S/C16H17N3O3S/c1-19(7-10-8-23-9-17-10)16(21)12-6-14(20)18-15-11(12)4-3-5-13(15)22-2/h3-5,8-9,12H,6-7H2,1-2H3,(H,18,20). The fraction of sp³-hybridized carbons (Fsp3) is 0.312. The van der Waals surface area contributed by atoms with Crippen LogP contribution < -0.4 is 10.1 Å². The van der Waals surface area contributed by atoms with Gasteiger partial charge in [-0.15, -0.1) is 11.3 Å². The number of ether oxygens (including phenoxy) is 1. The van der Waals surface area contributed by atoms with Gasteiger partial charge in [-0.2, -0.15) is 0 Å². The number of aromatic nitrogens is 1. The lowest BCUT2D eigenvalue weighted by atomic mass is 9.89. The van der Waals surface area contributed by atoms with E-state index in [-0.39, 0.29) is 18.2 Å². The summed E-state index contributed by atoms with van der Waals surface area (Å²) in [5.74, 6) is -0.210. The van der Waals surface area contributed by atoms with E-state index in [1.54, 1.807) is 30.6 Å². The number of likely N-dealkylation sites (N-methyl/N-ethyl adjacent to an activating group) is 1. The van der Waals surface area contributed by atoms with Gasteiger partial charge in [-0.25, -0.2) is 4.98 Å². The third-order valence-electron chi connectivity index (χ3n) is 3.86. The first kappa shape index (κ1) is 15.5. The topological polar surface area (TPSA) is 71.5 Å². The molecule has 1 aromatic heterocycles. The van der Waals surface area contributed by atoms with Crippen molar-refractivity contribution in [3.05, 3.63) is 40.3 Å². The van der Waals surface area contributed by atoms with Gasteiger partial charge in [0, 0.05) is 18.8 Å². The van der Waals surface area contributed by atoms with Crippen molar-refractivity contribution in [1.82, 2.24) is 9.88 Å². The van der Waals surface area contributed by atoms with Crippen molar-refractivity contribution in [1.29, 1.82) is 0 Å². The first-order chi connectivity index (χ1) is 11.1. The Morgan fingerprint density at radius 1 is 1.52 bits per heavy atom. The number of hydrogen-bond acceptors (Lipinski definition) is 5. The van der Waals surface area contributed by atoms with Gasteiger partial charge in [0.1, 0.15) is 5.75 Å². The summed E-state index contributed by atoms with van der Waals surface area (Å²) in [5.41, 5.74) is 3.96. The molecule has 0 bridgehead atoms. The van der Waals surface area contributed by atoms with Gasteiger partial charge in [-0.1, -0.05) is 12.1 Å². The fourth-order valence-electron chi connectivity index (χ4n) is 2.75. The summed E-state index contributed by atoms with van der Waals surface area (Å²) in [6, 6.07) is 5.46. The van der Waals surface area contributed by atoms with Crippen molar-refractivity contribution in [3.63, 3.8) is 0 Å². The number of thiazole rings is 1. The number of para-hydroxylation sites is 1. The Hall–Kier alpha value is -2.41. The zero-order chi connectivity index (χ0) is 16.4. The van der Waals surface area contributed by atoms with Crippen molar-refractivity contribution in [2.45, 2.75) is 18.9 Å². The smallest absolute Gasteiger partial charge is 0.230 e. The minimum absolute atomic E-state index is 0.0950. The monoisotopic (exact) mass is 331 g/mol. The summed E-state index contributed by atoms with van der Waals surface area (Å²) in [7, 11) is 3.27. The van der Waals surface area contributed by atoms with Crippen molar-refractivity contribution >= 4 is 28.8 Å². The molecule has 2 aromatic rings. The second kappa shape index (κ2) is 6.37. The summed E-state index contributed by atoms with van der Waals surface area (Å²) in [5, 5.41) is 4.71. The summed E-state index contributed by atoms with van der Waals surface area (Å²) >= 11 is 1.49. The number of rotatable bonds is 4. The Bertz CT molecular complexity index is 730. The molecule has 6 nitrogen and oxygen atoms in total. The largest absolute Gasteiger partial charge is 0.495 e. The number of hydrogen-bond donors (Lipinski definition) is 1. The molecule has 3 rings (SSSR count). The lowest BCUT2D eigenvalue weighted by Gasteiger charge is -2.29. The minimum Gasteiger partial charge on any atom is -0.495 e. The number of benzene rings is 1. The number of amides is 2. The maximum Gasteiger partial charge on any atom is 0.230 e. The molecule has 23 heavy (non-hydrogen) atoms. The van der Waals surface area contributed by atoms with E-state index in [1.165, 1.54) is 11.3 Å². The van der Waals surface area contributed by atoms with Crippen LogP contribution in [0.25, 0.3) is 0 Å². The van der Waals surface area contributed by atoms with Gasteiger partial charge < -0.3 is 15.0 Å². The highest BCUT2D eigenvalue weighted by Crippen LogP contribution is 2.39. The summed E-state index contributed by atoms with van der Waals surface area (Å²) in [4.78, 5) is 30.6. The number of carbonyl (C=O) groups excluding carboxylic acids is 2. The van der Waals surface area contributed by atoms with Crippen LogP contribution in [-0.2, 0) is 16.1 Å². The van der Waals surface area contributed by atoms with Crippen molar-refractivity contribution in [2.24, 2.45) is 0 Å². The number of methoxy groups -OCH3 is 1. The molecular weight excluding hydrogens is 314 g/mol. The van der Waals surface area contributed by atoms with E-state index in [9.17, 15) is 9.59 Å². The third-order valence-corrected chi connectivity index (χ3v) is 4.50. The molecule has 0 aliphatic carbocycles. The Kier molecular flexibility index (Phi) is 4.29. The zero-order valence-corrected chi connectivity index (χ0v) is 13.7. The Morgan fingerprint density at radius 2 is 2.35 bits per heavy atom. The second-order valence-electron chi connectivity index (χ2n) is 5.40. The predicted molar refractivity (Wildman–Crippen MR) is 87.6 cm³/mol. The van der Waals surface area contributed by atoms with Gasteiger partial charge in [0.25, 0.3) is 0 Å². The van der Waals surface area contributed by atoms with Gasteiger partial charge >= 0.3 is 0 Å². The molecule has 120 valence electrons. The first-order valence-electron chi connectivity index (χ1n) is 7.19. The lowest BCUT2D eigenvalue weighted by molar-refractivity contribution is -0.134. The van der Waals surface area contributed by atoms with Crippen molar-refractivity contribution in [3.8, 4) is 5.75 Å². The van der Waals surface area contributed by atoms with Crippen LogP contribution in [0.2, 0.25) is 0 Å². The van der Waals surface area contributed by atoms with Crippen LogP contribution in [0.4, 0.5) is 5.69 Å². The molecule has 1 aliphatic heterocycles. The Labute approximate surface area is 138 Å². The average Bonchev–Trinajstić information content (AvgIpc) is 3.05. The number of nitrogens with zero attached hydrogens (tertiary/aromatic N) is 2. The van der Waals surface area contributed by atoms with Crippen LogP contribution in [0.3, 0.4) is 0 Å². The highest BCUT2D eigenvalue weighted by Gasteiger charge is 2.34. The van der Waals surface area contributed by atoms with Gasteiger partial charge in [0.2, 0.25) is 11.8 Å². The average molecular weight is 331 g/mol. The number of fused-ring (bicyclic) bond motifs is 1. The van der Waals surface area contributed by atoms with Crippen LogP contribution in [-0.4, -0.2) is 35.9 Å². The second-order valence-corrected chi connectivity index (χ2v) is 6.12. The molecule has 0 fully saturated rings. The first-order valence-corrected chi connectivity index (χ1v) is 8.13. The molecule has 1 unspecified atom stereocenters. The van der Waals surface area contributed by atoms with Gasteiger partial charge in [-0.3, -0.25) is 9.59 Å². The predicted octanol–water partition coefficient (Wildman–Crippen LogP) is 2.24. The van der Waals surface area contributed by atoms with Crippen LogP contribution in [0.5, 0.6) is 5.75 Å². The SMILES string of the molecule is COc1cccc2c1NC(=O)CC2C(=O)N(C)Cc1cscn1. The van der Waals surface area contributed by atoms with E-state index in [1.807, 2.05) is 17.5 Å². The molecule has 1 aliphatic rings. The van der Waals surface area contributed by atoms with E-state index in [0.29, 0.717) is 18.0 Å². The molecule has 0 saturated heterocycles. The molecule has 2 amide bonds. The van der Waals surface area contributed by atoms with Crippen LogP contribution in [0.1, 0.15) is 23.6 Å². The third kappa shape index (κ3) is 3.05. The molecule has 1 atom stereocenters. The van der Waals surface area contributed by atoms with Gasteiger partial charge in [0.15, 0.2) is 0 Å². The summed E-state index contributed by atoms with van der Waals surface area (Å²) in [6.07, 6.45) is 0.139. The molecule has 7 heteroatoms. The van der Waals surface area contributed by atoms with Crippen LogP contribution >= 0.6 is 11.3 Å². The Balaban J connectivity index is 1.88. The number of anilines is 1.